The number of ether oxygens (including phenoxy) is 1. The molecular weight excluding hydrogens is 360 g/mol. The minimum absolute atomic E-state index is 0.224. The van der Waals surface area contributed by atoms with Crippen LogP contribution in [0, 0.1) is 6.92 Å². The van der Waals surface area contributed by atoms with Gasteiger partial charge in [-0.3, -0.25) is 0 Å². The second-order valence-corrected chi connectivity index (χ2v) is 7.48. The molecule has 2 aromatic heterocycles. The van der Waals surface area contributed by atoms with Crippen LogP contribution in [0.2, 0.25) is 0 Å². The van der Waals surface area contributed by atoms with Crippen molar-refractivity contribution in [3.63, 3.8) is 0 Å². The fourth-order valence-electron chi connectivity index (χ4n) is 3.64. The number of hydrogen-bond donors (Lipinski definition) is 0. The van der Waals surface area contributed by atoms with E-state index in [1.807, 2.05) is 26.2 Å². The molecule has 1 atom stereocenters. The van der Waals surface area contributed by atoms with Gasteiger partial charge in [-0.25, -0.2) is 0 Å². The summed E-state index contributed by atoms with van der Waals surface area (Å²) in [6.45, 7) is 5.51. The summed E-state index contributed by atoms with van der Waals surface area (Å²) < 4.78 is 11.8. The molecular formula is C20H24N4O2S. The van der Waals surface area contributed by atoms with Crippen molar-refractivity contribution in [2.75, 3.05) is 24.3 Å². The van der Waals surface area contributed by atoms with Crippen LogP contribution in [0.1, 0.15) is 43.5 Å². The third-order valence-corrected chi connectivity index (χ3v) is 5.43. The van der Waals surface area contributed by atoms with Crippen molar-refractivity contribution >= 4 is 28.7 Å². The molecule has 3 aromatic rings. The Morgan fingerprint density at radius 2 is 2.15 bits per heavy atom. The summed E-state index contributed by atoms with van der Waals surface area (Å²) in [5.41, 5.74) is 3.68. The molecule has 3 heterocycles. The maximum Gasteiger partial charge on any atom is 0.256 e. The van der Waals surface area contributed by atoms with Gasteiger partial charge in [-0.1, -0.05) is 11.8 Å². The molecule has 0 amide bonds. The highest BCUT2D eigenvalue weighted by molar-refractivity contribution is 7.98. The zero-order valence-corrected chi connectivity index (χ0v) is 16.8. The number of aromatic nitrogens is 3. The topological polar surface area (TPSA) is 64.3 Å². The zero-order valence-electron chi connectivity index (χ0n) is 15.9. The molecule has 1 aromatic carbocycles. The van der Waals surface area contributed by atoms with Crippen molar-refractivity contribution in [1.82, 2.24) is 15.2 Å². The largest absolute Gasteiger partial charge is 0.491 e. The molecule has 0 radical (unpaired) electrons. The Morgan fingerprint density at radius 1 is 1.26 bits per heavy atom. The lowest BCUT2D eigenvalue weighted by molar-refractivity contribution is 0.342. The van der Waals surface area contributed by atoms with Crippen LogP contribution in [0.5, 0.6) is 5.75 Å². The Kier molecular flexibility index (Phi) is 5.20. The second kappa shape index (κ2) is 7.76. The highest BCUT2D eigenvalue weighted by Gasteiger charge is 2.27. The molecule has 0 aliphatic carbocycles. The van der Waals surface area contributed by atoms with Gasteiger partial charge in [0.25, 0.3) is 5.22 Å². The minimum Gasteiger partial charge on any atom is -0.491 e. The Balaban J connectivity index is 1.77. The molecule has 1 saturated heterocycles. The minimum atomic E-state index is 0.224. The lowest BCUT2D eigenvalue weighted by atomic mass is 9.94. The molecule has 142 valence electrons. The van der Waals surface area contributed by atoms with E-state index in [1.165, 1.54) is 23.7 Å². The summed E-state index contributed by atoms with van der Waals surface area (Å²) in [4.78, 5) is 6.90. The van der Waals surface area contributed by atoms with Gasteiger partial charge in [-0.05, 0) is 69.2 Å². The summed E-state index contributed by atoms with van der Waals surface area (Å²) in [7, 11) is 0. The fraction of sp³-hybridized carbons (Fsp3) is 0.450. The van der Waals surface area contributed by atoms with E-state index < -0.39 is 0 Å². The van der Waals surface area contributed by atoms with Crippen molar-refractivity contribution in [2.24, 2.45) is 0 Å². The number of fused-ring (bicyclic) bond motifs is 1. The number of anilines is 1. The monoisotopic (exact) mass is 384 g/mol. The van der Waals surface area contributed by atoms with Crippen molar-refractivity contribution in [3.05, 3.63) is 35.5 Å². The fourth-order valence-corrected chi connectivity index (χ4v) is 4.00. The van der Waals surface area contributed by atoms with Gasteiger partial charge in [0, 0.05) is 6.54 Å². The Morgan fingerprint density at radius 3 is 2.89 bits per heavy atom. The number of aryl methyl sites for hydroxylation is 1. The van der Waals surface area contributed by atoms with Gasteiger partial charge in [0.1, 0.15) is 5.75 Å². The number of oxazole rings is 1. The number of rotatable bonds is 5. The van der Waals surface area contributed by atoms with Crippen LogP contribution in [-0.2, 0) is 0 Å². The Hall–Kier alpha value is -2.28. The average molecular weight is 385 g/mol. The highest BCUT2D eigenvalue weighted by atomic mass is 32.2. The molecule has 1 fully saturated rings. The van der Waals surface area contributed by atoms with Gasteiger partial charge in [0.15, 0.2) is 16.9 Å². The summed E-state index contributed by atoms with van der Waals surface area (Å²) in [6, 6.07) is 8.52. The molecule has 0 saturated carbocycles. The SMILES string of the molecule is CCOc1cc(C2CCCCN2c2ccc(C)nn2)cc2oc(SC)nc12. The van der Waals surface area contributed by atoms with Crippen LogP contribution in [0.25, 0.3) is 11.1 Å². The van der Waals surface area contributed by atoms with Crippen molar-refractivity contribution in [2.45, 2.75) is 44.4 Å². The maximum absolute atomic E-state index is 5.92. The van der Waals surface area contributed by atoms with Crippen LogP contribution < -0.4 is 9.64 Å². The van der Waals surface area contributed by atoms with Gasteiger partial charge in [0.05, 0.1) is 18.3 Å². The lowest BCUT2D eigenvalue weighted by Gasteiger charge is -2.36. The van der Waals surface area contributed by atoms with E-state index in [1.54, 1.807) is 0 Å². The molecule has 0 spiro atoms. The average Bonchev–Trinajstić information content (AvgIpc) is 3.12. The molecule has 1 unspecified atom stereocenters. The Labute approximate surface area is 163 Å². The molecule has 4 rings (SSSR count). The number of piperidine rings is 1. The van der Waals surface area contributed by atoms with Gasteiger partial charge < -0.3 is 14.1 Å². The standard InChI is InChI=1S/C20H24N4O2S/c1-4-25-16-11-14(12-17-19(16)21-20(26-17)27-3)15-7-5-6-10-24(15)18-9-8-13(2)22-23-18/h8-9,11-12,15H,4-7,10H2,1-3H3. The second-order valence-electron chi connectivity index (χ2n) is 6.72. The predicted molar refractivity (Wildman–Crippen MR) is 108 cm³/mol. The molecule has 27 heavy (non-hydrogen) atoms. The molecule has 6 nitrogen and oxygen atoms in total. The number of nitrogens with zero attached hydrogens (tertiary/aromatic N) is 4. The molecule has 0 bridgehead atoms. The van der Waals surface area contributed by atoms with Crippen LogP contribution in [0.4, 0.5) is 5.82 Å². The Bertz CT molecular complexity index is 926. The quantitative estimate of drug-likeness (QED) is 0.587. The maximum atomic E-state index is 5.92. The van der Waals surface area contributed by atoms with Crippen LogP contribution >= 0.6 is 11.8 Å². The van der Waals surface area contributed by atoms with Crippen LogP contribution in [0.3, 0.4) is 0 Å². The summed E-state index contributed by atoms with van der Waals surface area (Å²) >= 11 is 1.50. The smallest absolute Gasteiger partial charge is 0.256 e. The van der Waals surface area contributed by atoms with Crippen LogP contribution in [0.15, 0.2) is 33.9 Å². The summed E-state index contributed by atoms with van der Waals surface area (Å²) in [5.74, 6) is 1.71. The number of benzene rings is 1. The predicted octanol–water partition coefficient (Wildman–Crippen LogP) is 4.78. The van der Waals surface area contributed by atoms with E-state index >= 15 is 0 Å². The van der Waals surface area contributed by atoms with E-state index in [0.29, 0.717) is 11.8 Å². The first-order chi connectivity index (χ1) is 13.2. The van der Waals surface area contributed by atoms with E-state index in [9.17, 15) is 0 Å². The van der Waals surface area contributed by atoms with E-state index in [4.69, 9.17) is 9.15 Å². The van der Waals surface area contributed by atoms with Gasteiger partial charge >= 0.3 is 0 Å². The zero-order chi connectivity index (χ0) is 18.8. The van der Waals surface area contributed by atoms with Crippen LogP contribution in [-0.4, -0.2) is 34.6 Å². The van der Waals surface area contributed by atoms with E-state index in [2.05, 4.69) is 38.3 Å². The summed E-state index contributed by atoms with van der Waals surface area (Å²) in [5, 5.41) is 9.33. The van der Waals surface area contributed by atoms with Crippen molar-refractivity contribution < 1.29 is 9.15 Å². The number of thioether (sulfide) groups is 1. The lowest BCUT2D eigenvalue weighted by Crippen LogP contribution is -2.34. The molecule has 1 aliphatic heterocycles. The highest BCUT2D eigenvalue weighted by Crippen LogP contribution is 2.39. The van der Waals surface area contributed by atoms with Gasteiger partial charge in [-0.2, -0.15) is 10.1 Å². The first-order valence-corrected chi connectivity index (χ1v) is 10.6. The first kappa shape index (κ1) is 18.1. The number of hydrogen-bond acceptors (Lipinski definition) is 7. The molecule has 7 heteroatoms. The van der Waals surface area contributed by atoms with E-state index in [0.717, 1.165) is 47.7 Å². The van der Waals surface area contributed by atoms with E-state index in [-0.39, 0.29) is 6.04 Å². The van der Waals surface area contributed by atoms with Gasteiger partial charge in [0.2, 0.25) is 0 Å². The van der Waals surface area contributed by atoms with Crippen molar-refractivity contribution in [3.8, 4) is 5.75 Å². The normalized spacial score (nSPS) is 17.4. The van der Waals surface area contributed by atoms with Crippen molar-refractivity contribution in [1.29, 1.82) is 0 Å². The summed E-state index contributed by atoms with van der Waals surface area (Å²) in [6.07, 6.45) is 5.38. The third-order valence-electron chi connectivity index (χ3n) is 4.90. The molecule has 0 N–H and O–H groups in total. The van der Waals surface area contributed by atoms with Gasteiger partial charge in [-0.15, -0.1) is 5.10 Å². The molecule has 1 aliphatic rings. The first-order valence-electron chi connectivity index (χ1n) is 9.38. The third kappa shape index (κ3) is 3.60.